The van der Waals surface area contributed by atoms with Crippen molar-refractivity contribution in [1.29, 1.82) is 0 Å². The SMILES string of the molecule is C=C[C@]1(CCc2cc(F)c3cc(Cl)c(N)nc3c2)C[C@@H](n2ccc3c(Cl)ncnc32)[C@@H]2OC(C)(C)O[C@@H]21. The predicted molar refractivity (Wildman–Crippen MR) is 142 cm³/mol. The van der Waals surface area contributed by atoms with Gasteiger partial charge in [-0.05, 0) is 62.9 Å². The number of aromatic nitrogens is 4. The van der Waals surface area contributed by atoms with E-state index < -0.39 is 11.2 Å². The highest BCUT2D eigenvalue weighted by molar-refractivity contribution is 6.34. The lowest BCUT2D eigenvalue weighted by Gasteiger charge is -2.32. The molecular formula is C27H26Cl2FN5O2. The zero-order valence-electron chi connectivity index (χ0n) is 20.4. The molecule has 3 aromatic heterocycles. The quantitative estimate of drug-likeness (QED) is 0.236. The largest absolute Gasteiger partial charge is 0.382 e. The summed E-state index contributed by atoms with van der Waals surface area (Å²) in [5, 5.41) is 1.77. The molecule has 0 amide bonds. The highest BCUT2D eigenvalue weighted by Crippen LogP contribution is 2.56. The lowest BCUT2D eigenvalue weighted by molar-refractivity contribution is -0.165. The van der Waals surface area contributed by atoms with Gasteiger partial charge < -0.3 is 19.8 Å². The third-order valence-corrected chi connectivity index (χ3v) is 8.30. The van der Waals surface area contributed by atoms with Gasteiger partial charge in [0, 0.05) is 17.0 Å². The van der Waals surface area contributed by atoms with Gasteiger partial charge in [0.25, 0.3) is 0 Å². The van der Waals surface area contributed by atoms with Crippen LogP contribution in [0.25, 0.3) is 21.9 Å². The molecule has 6 rings (SSSR count). The van der Waals surface area contributed by atoms with Gasteiger partial charge in [0.1, 0.15) is 34.9 Å². The van der Waals surface area contributed by atoms with E-state index in [1.54, 1.807) is 0 Å². The topological polar surface area (TPSA) is 88.1 Å². The Labute approximate surface area is 223 Å². The van der Waals surface area contributed by atoms with Crippen molar-refractivity contribution < 1.29 is 13.9 Å². The summed E-state index contributed by atoms with van der Waals surface area (Å²) in [5.74, 6) is -0.960. The van der Waals surface area contributed by atoms with Crippen molar-refractivity contribution in [2.75, 3.05) is 5.73 Å². The Kier molecular flexibility index (Phi) is 5.73. The van der Waals surface area contributed by atoms with Crippen LogP contribution in [0.1, 0.15) is 38.3 Å². The van der Waals surface area contributed by atoms with Gasteiger partial charge >= 0.3 is 0 Å². The van der Waals surface area contributed by atoms with E-state index >= 15 is 0 Å². The number of nitrogens with two attached hydrogens (primary N) is 1. The molecule has 4 aromatic rings. The van der Waals surface area contributed by atoms with Crippen LogP contribution < -0.4 is 5.73 Å². The van der Waals surface area contributed by atoms with Crippen molar-refractivity contribution in [3.8, 4) is 0 Å². The highest BCUT2D eigenvalue weighted by Gasteiger charge is 2.60. The molecule has 1 aromatic carbocycles. The Morgan fingerprint density at radius 2 is 2.03 bits per heavy atom. The zero-order chi connectivity index (χ0) is 26.1. The summed E-state index contributed by atoms with van der Waals surface area (Å²) in [6.45, 7) is 8.05. The molecule has 0 spiro atoms. The normalized spacial score (nSPS) is 26.7. The molecule has 1 saturated carbocycles. The molecule has 7 nitrogen and oxygen atoms in total. The lowest BCUT2D eigenvalue weighted by Crippen LogP contribution is -2.34. The number of pyridine rings is 1. The molecule has 0 bridgehead atoms. The average molecular weight is 542 g/mol. The van der Waals surface area contributed by atoms with Gasteiger partial charge in [0.15, 0.2) is 5.79 Å². The first-order chi connectivity index (χ1) is 17.6. The van der Waals surface area contributed by atoms with Crippen LogP contribution in [0.2, 0.25) is 10.2 Å². The van der Waals surface area contributed by atoms with Gasteiger partial charge in [0.05, 0.1) is 28.1 Å². The first-order valence-electron chi connectivity index (χ1n) is 12.1. The molecule has 192 valence electrons. The maximum absolute atomic E-state index is 15.0. The number of hydrogen-bond donors (Lipinski definition) is 1. The third-order valence-electron chi connectivity index (χ3n) is 7.69. The Morgan fingerprint density at radius 1 is 1.22 bits per heavy atom. The number of benzene rings is 1. The fraction of sp³-hybridized carbons (Fsp3) is 0.370. The number of nitrogen functional groups attached to an aromatic ring is 1. The second-order valence-electron chi connectivity index (χ2n) is 10.4. The van der Waals surface area contributed by atoms with Crippen molar-refractivity contribution in [3.63, 3.8) is 0 Å². The average Bonchev–Trinajstić information content (AvgIpc) is 3.50. The van der Waals surface area contributed by atoms with Crippen molar-refractivity contribution in [3.05, 3.63) is 71.0 Å². The number of anilines is 1. The van der Waals surface area contributed by atoms with E-state index in [0.717, 1.165) is 16.6 Å². The van der Waals surface area contributed by atoms with Gasteiger partial charge in [0.2, 0.25) is 0 Å². The zero-order valence-corrected chi connectivity index (χ0v) is 21.9. The molecule has 1 saturated heterocycles. The highest BCUT2D eigenvalue weighted by atomic mass is 35.5. The van der Waals surface area contributed by atoms with Crippen LogP contribution in [0.3, 0.4) is 0 Å². The second kappa shape index (κ2) is 8.63. The fourth-order valence-electron chi connectivity index (χ4n) is 5.95. The Hall–Kier alpha value is -2.78. The number of halogens is 3. The van der Waals surface area contributed by atoms with Crippen molar-refractivity contribution in [1.82, 2.24) is 19.5 Å². The van der Waals surface area contributed by atoms with Gasteiger partial charge in [-0.1, -0.05) is 29.3 Å². The number of nitrogens with zero attached hydrogens (tertiary/aromatic N) is 4. The summed E-state index contributed by atoms with van der Waals surface area (Å²) in [7, 11) is 0. The minimum absolute atomic E-state index is 0.0646. The third kappa shape index (κ3) is 3.98. The van der Waals surface area contributed by atoms with E-state index in [9.17, 15) is 4.39 Å². The molecule has 2 N–H and O–H groups in total. The van der Waals surface area contributed by atoms with Crippen LogP contribution >= 0.6 is 23.2 Å². The molecule has 1 aliphatic heterocycles. The molecule has 2 fully saturated rings. The van der Waals surface area contributed by atoms with Crippen LogP contribution in [-0.2, 0) is 15.9 Å². The van der Waals surface area contributed by atoms with Crippen molar-refractivity contribution >= 4 is 51.0 Å². The first kappa shape index (κ1) is 24.6. The molecule has 0 unspecified atom stereocenters. The summed E-state index contributed by atoms with van der Waals surface area (Å²) in [4.78, 5) is 12.9. The summed E-state index contributed by atoms with van der Waals surface area (Å²) < 4.78 is 30.0. The van der Waals surface area contributed by atoms with E-state index in [1.807, 2.05) is 38.3 Å². The molecule has 10 heteroatoms. The lowest BCUT2D eigenvalue weighted by atomic mass is 9.78. The van der Waals surface area contributed by atoms with Crippen LogP contribution in [0.5, 0.6) is 0 Å². The van der Waals surface area contributed by atoms with E-state index in [2.05, 4.69) is 26.1 Å². The Morgan fingerprint density at radius 3 is 2.81 bits per heavy atom. The van der Waals surface area contributed by atoms with Crippen LogP contribution in [0, 0.1) is 11.2 Å². The minimum atomic E-state index is -0.756. The van der Waals surface area contributed by atoms with E-state index in [0.29, 0.717) is 35.3 Å². The predicted octanol–water partition coefficient (Wildman–Crippen LogP) is 6.28. The van der Waals surface area contributed by atoms with E-state index in [-0.39, 0.29) is 34.9 Å². The van der Waals surface area contributed by atoms with Crippen LogP contribution in [0.15, 0.2) is 49.4 Å². The van der Waals surface area contributed by atoms with Crippen molar-refractivity contribution in [2.24, 2.45) is 5.41 Å². The second-order valence-corrected chi connectivity index (χ2v) is 11.1. The minimum Gasteiger partial charge on any atom is -0.382 e. The number of fused-ring (bicyclic) bond motifs is 3. The number of aryl methyl sites for hydroxylation is 1. The summed E-state index contributed by atoms with van der Waals surface area (Å²) in [5.41, 5.74) is 7.48. The molecule has 4 atom stereocenters. The molecule has 37 heavy (non-hydrogen) atoms. The summed E-state index contributed by atoms with van der Waals surface area (Å²) in [6, 6.07) is 6.76. The maximum Gasteiger partial charge on any atom is 0.163 e. The van der Waals surface area contributed by atoms with Gasteiger partial charge in [-0.3, -0.25) is 0 Å². The fourth-order valence-corrected chi connectivity index (χ4v) is 6.29. The van der Waals surface area contributed by atoms with Gasteiger partial charge in [-0.15, -0.1) is 6.58 Å². The molecule has 0 radical (unpaired) electrons. The van der Waals surface area contributed by atoms with Gasteiger partial charge in [-0.2, -0.15) is 0 Å². The van der Waals surface area contributed by atoms with E-state index in [1.165, 1.54) is 18.5 Å². The Bertz CT molecular complexity index is 1560. The number of ether oxygens (including phenoxy) is 2. The standard InChI is InChI=1S/C27H26Cl2FN5O2/c1-4-27(7-5-14-9-18(30)16-11-17(28)24(31)34-19(16)10-14)12-20(21-22(27)37-26(2,3)36-21)35-8-6-15-23(29)32-13-33-25(15)35/h4,6,8-11,13,20-22H,1,5,7,12H2,2-3H3,(H2,31,34)/t20-,21+,22+,27+/m1/s1. The summed E-state index contributed by atoms with van der Waals surface area (Å²) in [6.07, 6.45) is 6.92. The monoisotopic (exact) mass is 541 g/mol. The smallest absolute Gasteiger partial charge is 0.163 e. The molecular weight excluding hydrogens is 516 g/mol. The molecule has 2 aliphatic rings. The van der Waals surface area contributed by atoms with E-state index in [4.69, 9.17) is 38.4 Å². The molecule has 1 aliphatic carbocycles. The molecule has 4 heterocycles. The van der Waals surface area contributed by atoms with Gasteiger partial charge in [-0.25, -0.2) is 19.3 Å². The van der Waals surface area contributed by atoms with Crippen LogP contribution in [-0.4, -0.2) is 37.5 Å². The van der Waals surface area contributed by atoms with Crippen molar-refractivity contribution in [2.45, 2.75) is 57.1 Å². The number of hydrogen-bond acceptors (Lipinski definition) is 6. The Balaban J connectivity index is 1.35. The number of rotatable bonds is 5. The first-order valence-corrected chi connectivity index (χ1v) is 12.9. The maximum atomic E-state index is 15.0. The van der Waals surface area contributed by atoms with Crippen LogP contribution in [0.4, 0.5) is 10.2 Å². The summed E-state index contributed by atoms with van der Waals surface area (Å²) >= 11 is 12.4.